The quantitative estimate of drug-likeness (QED) is 0.794. The first kappa shape index (κ1) is 16.6. The first-order chi connectivity index (χ1) is 12.0. The summed E-state index contributed by atoms with van der Waals surface area (Å²) in [7, 11) is 4.86. The van der Waals surface area contributed by atoms with Crippen LogP contribution in [0.15, 0.2) is 53.5 Å². The first-order valence-corrected chi connectivity index (χ1v) is 7.67. The molecule has 0 saturated heterocycles. The zero-order valence-electron chi connectivity index (χ0n) is 14.2. The number of pyridine rings is 1. The molecule has 25 heavy (non-hydrogen) atoms. The molecular weight excluding hydrogens is 320 g/mol. The van der Waals surface area contributed by atoms with Crippen molar-refractivity contribution in [3.63, 3.8) is 0 Å². The molecule has 6 nitrogen and oxygen atoms in total. The van der Waals surface area contributed by atoms with Crippen LogP contribution in [0, 0.1) is 0 Å². The van der Waals surface area contributed by atoms with E-state index in [0.29, 0.717) is 28.1 Å². The Hall–Kier alpha value is -3.28. The third kappa shape index (κ3) is 3.06. The third-order valence-corrected chi connectivity index (χ3v) is 3.96. The minimum atomic E-state index is -0.474. The van der Waals surface area contributed by atoms with E-state index >= 15 is 0 Å². The molecule has 2 aromatic carbocycles. The van der Waals surface area contributed by atoms with Crippen molar-refractivity contribution in [2.45, 2.75) is 0 Å². The molecule has 1 heterocycles. The average Bonchev–Trinajstić information content (AvgIpc) is 2.64. The number of para-hydroxylation sites is 1. The zero-order chi connectivity index (χ0) is 18.0. The van der Waals surface area contributed by atoms with Gasteiger partial charge in [0.2, 0.25) is 5.43 Å². The summed E-state index contributed by atoms with van der Waals surface area (Å²) in [5, 5.41) is 3.16. The van der Waals surface area contributed by atoms with Crippen LogP contribution in [0.5, 0.6) is 11.5 Å². The number of carbonyl (C=O) groups is 1. The zero-order valence-corrected chi connectivity index (χ0v) is 14.2. The number of nitrogens with one attached hydrogen (secondary N) is 1. The van der Waals surface area contributed by atoms with Crippen LogP contribution >= 0.6 is 0 Å². The molecule has 0 aliphatic carbocycles. The van der Waals surface area contributed by atoms with E-state index in [0.717, 1.165) is 0 Å². The van der Waals surface area contributed by atoms with Crippen molar-refractivity contribution in [3.8, 4) is 11.5 Å². The van der Waals surface area contributed by atoms with E-state index in [1.807, 2.05) is 0 Å². The first-order valence-electron chi connectivity index (χ1n) is 7.67. The molecule has 0 unspecified atom stereocenters. The molecule has 1 amide bonds. The molecule has 6 heteroatoms. The summed E-state index contributed by atoms with van der Waals surface area (Å²) >= 11 is 0. The second kappa shape index (κ2) is 6.68. The second-order valence-corrected chi connectivity index (χ2v) is 5.53. The van der Waals surface area contributed by atoms with Gasteiger partial charge in [-0.25, -0.2) is 0 Å². The largest absolute Gasteiger partial charge is 0.497 e. The van der Waals surface area contributed by atoms with Gasteiger partial charge >= 0.3 is 0 Å². The van der Waals surface area contributed by atoms with Gasteiger partial charge in [0.05, 0.1) is 25.1 Å². The molecule has 0 saturated carbocycles. The van der Waals surface area contributed by atoms with Crippen molar-refractivity contribution in [3.05, 3.63) is 64.4 Å². The molecular formula is C19H18N2O4. The average molecular weight is 338 g/mol. The summed E-state index contributed by atoms with van der Waals surface area (Å²) in [6.45, 7) is 0. The maximum atomic E-state index is 12.7. The van der Waals surface area contributed by atoms with E-state index in [1.54, 1.807) is 68.3 Å². The third-order valence-electron chi connectivity index (χ3n) is 3.96. The van der Waals surface area contributed by atoms with Crippen molar-refractivity contribution >= 4 is 22.5 Å². The van der Waals surface area contributed by atoms with Crippen LogP contribution < -0.4 is 20.2 Å². The molecule has 3 aromatic rings. The summed E-state index contributed by atoms with van der Waals surface area (Å²) in [6, 6.07) is 12.1. The standard InChI is InChI=1S/C19H18N2O4/c1-21-11-15(18(22)14-8-5-9-16(25-3)17(14)21)19(23)20-12-6-4-7-13(10-12)24-2/h4-11H,1-3H3,(H,20,23). The lowest BCUT2D eigenvalue weighted by molar-refractivity contribution is 0.102. The molecule has 1 N–H and O–H groups in total. The number of hydrogen-bond acceptors (Lipinski definition) is 4. The van der Waals surface area contributed by atoms with Crippen LogP contribution in [0.3, 0.4) is 0 Å². The highest BCUT2D eigenvalue weighted by Gasteiger charge is 2.16. The normalized spacial score (nSPS) is 10.5. The van der Waals surface area contributed by atoms with Crippen LogP contribution in [-0.4, -0.2) is 24.7 Å². The SMILES string of the molecule is COc1cccc(NC(=O)c2cn(C)c3c(OC)cccc3c2=O)c1. The number of amides is 1. The van der Waals surface area contributed by atoms with Gasteiger partial charge in [0.1, 0.15) is 17.1 Å². The Bertz CT molecular complexity index is 1010. The van der Waals surface area contributed by atoms with Crippen molar-refractivity contribution in [2.75, 3.05) is 19.5 Å². The van der Waals surface area contributed by atoms with Crippen LogP contribution in [0.4, 0.5) is 5.69 Å². The highest BCUT2D eigenvalue weighted by atomic mass is 16.5. The Balaban J connectivity index is 2.05. The highest BCUT2D eigenvalue weighted by Crippen LogP contribution is 2.23. The Kier molecular flexibility index (Phi) is 4.43. The molecule has 0 aliphatic heterocycles. The predicted octanol–water partition coefficient (Wildman–Crippen LogP) is 2.81. The monoisotopic (exact) mass is 338 g/mol. The van der Waals surface area contributed by atoms with Gasteiger partial charge in [-0.05, 0) is 24.3 Å². The molecule has 0 radical (unpaired) electrons. The van der Waals surface area contributed by atoms with Gasteiger partial charge in [0.15, 0.2) is 0 Å². The number of aryl methyl sites for hydroxylation is 1. The molecule has 3 rings (SSSR count). The van der Waals surface area contributed by atoms with E-state index in [2.05, 4.69) is 5.32 Å². The van der Waals surface area contributed by atoms with Crippen molar-refractivity contribution < 1.29 is 14.3 Å². The number of fused-ring (bicyclic) bond motifs is 1. The fraction of sp³-hybridized carbons (Fsp3) is 0.158. The van der Waals surface area contributed by atoms with Crippen LogP contribution in [-0.2, 0) is 7.05 Å². The Morgan fingerprint density at radius 2 is 1.84 bits per heavy atom. The predicted molar refractivity (Wildman–Crippen MR) is 96.7 cm³/mol. The molecule has 1 aromatic heterocycles. The minimum Gasteiger partial charge on any atom is -0.497 e. The van der Waals surface area contributed by atoms with E-state index in [1.165, 1.54) is 6.20 Å². The van der Waals surface area contributed by atoms with E-state index < -0.39 is 5.91 Å². The van der Waals surface area contributed by atoms with Gasteiger partial charge in [-0.2, -0.15) is 0 Å². The fourth-order valence-corrected chi connectivity index (χ4v) is 2.76. The summed E-state index contributed by atoms with van der Waals surface area (Å²) in [5.41, 5.74) is 0.920. The smallest absolute Gasteiger partial charge is 0.261 e. The number of hydrogen-bond donors (Lipinski definition) is 1. The van der Waals surface area contributed by atoms with E-state index in [9.17, 15) is 9.59 Å². The number of ether oxygens (including phenoxy) is 2. The summed E-state index contributed by atoms with van der Waals surface area (Å²) < 4.78 is 12.2. The molecule has 0 fully saturated rings. The number of aromatic nitrogens is 1. The van der Waals surface area contributed by atoms with Gasteiger partial charge in [0, 0.05) is 25.0 Å². The Labute approximate surface area is 144 Å². The molecule has 0 atom stereocenters. The molecule has 128 valence electrons. The number of benzene rings is 2. The number of nitrogens with zero attached hydrogens (tertiary/aromatic N) is 1. The molecule has 0 spiro atoms. The lowest BCUT2D eigenvalue weighted by Gasteiger charge is -2.12. The maximum Gasteiger partial charge on any atom is 0.261 e. The van der Waals surface area contributed by atoms with Crippen molar-refractivity contribution in [1.29, 1.82) is 0 Å². The van der Waals surface area contributed by atoms with E-state index in [4.69, 9.17) is 9.47 Å². The van der Waals surface area contributed by atoms with Crippen molar-refractivity contribution in [2.24, 2.45) is 7.05 Å². The van der Waals surface area contributed by atoms with Gasteiger partial charge in [-0.15, -0.1) is 0 Å². The minimum absolute atomic E-state index is 0.0612. The Morgan fingerprint density at radius 3 is 2.56 bits per heavy atom. The summed E-state index contributed by atoms with van der Waals surface area (Å²) in [4.78, 5) is 25.3. The summed E-state index contributed by atoms with van der Waals surface area (Å²) in [5.74, 6) is 0.726. The van der Waals surface area contributed by atoms with E-state index in [-0.39, 0.29) is 11.0 Å². The lowest BCUT2D eigenvalue weighted by Crippen LogP contribution is -2.23. The molecule has 0 bridgehead atoms. The van der Waals surface area contributed by atoms with Gasteiger partial charge in [-0.3, -0.25) is 9.59 Å². The molecule has 0 aliphatic rings. The fourth-order valence-electron chi connectivity index (χ4n) is 2.76. The lowest BCUT2D eigenvalue weighted by atomic mass is 10.1. The second-order valence-electron chi connectivity index (χ2n) is 5.53. The van der Waals surface area contributed by atoms with Crippen molar-refractivity contribution in [1.82, 2.24) is 4.57 Å². The Morgan fingerprint density at radius 1 is 1.08 bits per heavy atom. The van der Waals surface area contributed by atoms with Crippen LogP contribution in [0.25, 0.3) is 10.9 Å². The number of anilines is 1. The highest BCUT2D eigenvalue weighted by molar-refractivity contribution is 6.06. The summed E-state index contributed by atoms with van der Waals surface area (Å²) in [6.07, 6.45) is 1.52. The number of rotatable bonds is 4. The number of methoxy groups -OCH3 is 2. The van der Waals surface area contributed by atoms with Gasteiger partial charge < -0.3 is 19.4 Å². The van der Waals surface area contributed by atoms with Crippen LogP contribution in [0.2, 0.25) is 0 Å². The van der Waals surface area contributed by atoms with Crippen LogP contribution in [0.1, 0.15) is 10.4 Å². The number of carbonyl (C=O) groups excluding carboxylic acids is 1. The topological polar surface area (TPSA) is 69.6 Å². The van der Waals surface area contributed by atoms with Gasteiger partial charge in [-0.1, -0.05) is 12.1 Å². The van der Waals surface area contributed by atoms with Gasteiger partial charge in [0.25, 0.3) is 5.91 Å². The maximum absolute atomic E-state index is 12.7.